The third-order valence-corrected chi connectivity index (χ3v) is 5.64. The first-order valence-electron chi connectivity index (χ1n) is 9.39. The molecule has 2 N–H and O–H groups in total. The number of imidazole rings is 1. The van der Waals surface area contributed by atoms with E-state index in [0.717, 1.165) is 24.5 Å². The monoisotopic (exact) mass is 389 g/mol. The topological polar surface area (TPSA) is 114 Å². The van der Waals surface area contributed by atoms with Crippen LogP contribution in [0.2, 0.25) is 0 Å². The first-order valence-corrected chi connectivity index (χ1v) is 10.4. The van der Waals surface area contributed by atoms with E-state index in [-0.39, 0.29) is 5.56 Å². The van der Waals surface area contributed by atoms with Crippen molar-refractivity contribution in [3.05, 3.63) is 32.5 Å². The molecule has 4 rings (SSSR count). The first kappa shape index (κ1) is 18.0. The minimum atomic E-state index is -0.399. The fourth-order valence-corrected chi connectivity index (χ4v) is 3.93. The number of hydrogen-bond donors (Lipinski definition) is 2. The average Bonchev–Trinajstić information content (AvgIpc) is 3.27. The zero-order chi connectivity index (χ0) is 19.0. The SMILES string of the molecule is CCCCn1c(=O)[nH]c(=O)c2c1nc(CSc1n[nH]c(C3CC3)n1)n2CC. The number of nitrogens with one attached hydrogen (secondary N) is 2. The maximum Gasteiger partial charge on any atom is 0.330 e. The van der Waals surface area contributed by atoms with Crippen molar-refractivity contribution in [3.63, 3.8) is 0 Å². The molecule has 0 unspecified atom stereocenters. The number of fused-ring (bicyclic) bond motifs is 1. The number of aryl methyl sites for hydroxylation is 2. The Morgan fingerprint density at radius 2 is 2.00 bits per heavy atom. The average molecular weight is 389 g/mol. The lowest BCUT2D eigenvalue weighted by Gasteiger charge is -2.06. The van der Waals surface area contributed by atoms with Crippen LogP contribution in [-0.2, 0) is 18.8 Å². The van der Waals surface area contributed by atoms with Crippen molar-refractivity contribution in [1.29, 1.82) is 0 Å². The van der Waals surface area contributed by atoms with Gasteiger partial charge in [-0.1, -0.05) is 25.1 Å². The molecule has 3 heterocycles. The van der Waals surface area contributed by atoms with Crippen molar-refractivity contribution in [1.82, 2.24) is 34.3 Å². The van der Waals surface area contributed by atoms with Crippen LogP contribution in [0.5, 0.6) is 0 Å². The van der Waals surface area contributed by atoms with E-state index in [4.69, 9.17) is 0 Å². The van der Waals surface area contributed by atoms with Gasteiger partial charge in [0.15, 0.2) is 11.2 Å². The van der Waals surface area contributed by atoms with E-state index >= 15 is 0 Å². The molecular formula is C17H23N7O2S. The molecule has 0 spiro atoms. The fourth-order valence-electron chi connectivity index (χ4n) is 3.18. The van der Waals surface area contributed by atoms with Crippen molar-refractivity contribution in [2.24, 2.45) is 0 Å². The summed E-state index contributed by atoms with van der Waals surface area (Å²) < 4.78 is 3.44. The van der Waals surface area contributed by atoms with Gasteiger partial charge in [-0.05, 0) is 26.2 Å². The predicted octanol–water partition coefficient (Wildman–Crippen LogP) is 1.99. The van der Waals surface area contributed by atoms with Gasteiger partial charge in [-0.2, -0.15) is 0 Å². The number of aromatic amines is 2. The summed E-state index contributed by atoms with van der Waals surface area (Å²) >= 11 is 1.48. The highest BCUT2D eigenvalue weighted by Gasteiger charge is 2.27. The summed E-state index contributed by atoms with van der Waals surface area (Å²) in [4.78, 5) is 36.3. The summed E-state index contributed by atoms with van der Waals surface area (Å²) in [6.45, 7) is 5.17. The van der Waals surface area contributed by atoms with Crippen LogP contribution in [0.1, 0.15) is 57.1 Å². The molecule has 3 aromatic heterocycles. The van der Waals surface area contributed by atoms with Crippen molar-refractivity contribution in [2.75, 3.05) is 0 Å². The molecule has 144 valence electrons. The van der Waals surface area contributed by atoms with Gasteiger partial charge in [0.25, 0.3) is 5.56 Å². The van der Waals surface area contributed by atoms with Crippen LogP contribution in [0.15, 0.2) is 14.7 Å². The Bertz CT molecular complexity index is 1070. The van der Waals surface area contributed by atoms with E-state index in [1.165, 1.54) is 24.6 Å². The summed E-state index contributed by atoms with van der Waals surface area (Å²) in [5.41, 5.74) is 0.131. The molecule has 27 heavy (non-hydrogen) atoms. The Balaban J connectivity index is 1.67. The molecule has 1 fully saturated rings. The lowest BCUT2D eigenvalue weighted by molar-refractivity contribution is 0.613. The maximum atomic E-state index is 12.4. The van der Waals surface area contributed by atoms with Gasteiger partial charge >= 0.3 is 5.69 Å². The normalized spacial score (nSPS) is 14.3. The smallest absolute Gasteiger partial charge is 0.322 e. The van der Waals surface area contributed by atoms with Crippen LogP contribution in [-0.4, -0.2) is 34.3 Å². The molecule has 1 saturated carbocycles. The largest absolute Gasteiger partial charge is 0.330 e. The van der Waals surface area contributed by atoms with Gasteiger partial charge in [0.2, 0.25) is 5.16 Å². The molecule has 0 saturated heterocycles. The van der Waals surface area contributed by atoms with E-state index in [1.54, 1.807) is 4.57 Å². The van der Waals surface area contributed by atoms with Gasteiger partial charge in [-0.15, -0.1) is 5.10 Å². The Morgan fingerprint density at radius 3 is 2.70 bits per heavy atom. The van der Waals surface area contributed by atoms with Gasteiger partial charge in [0, 0.05) is 19.0 Å². The van der Waals surface area contributed by atoms with Crippen molar-refractivity contribution >= 4 is 22.9 Å². The maximum absolute atomic E-state index is 12.4. The van der Waals surface area contributed by atoms with Crippen LogP contribution in [0, 0.1) is 0 Å². The third-order valence-electron chi connectivity index (χ3n) is 4.79. The highest BCUT2D eigenvalue weighted by molar-refractivity contribution is 7.98. The van der Waals surface area contributed by atoms with Crippen LogP contribution < -0.4 is 11.2 Å². The second-order valence-electron chi connectivity index (χ2n) is 6.78. The van der Waals surface area contributed by atoms with E-state index in [2.05, 4.69) is 32.1 Å². The lowest BCUT2D eigenvalue weighted by atomic mass is 10.3. The molecule has 0 atom stereocenters. The molecule has 0 radical (unpaired) electrons. The summed E-state index contributed by atoms with van der Waals surface area (Å²) in [5, 5.41) is 7.94. The predicted molar refractivity (Wildman–Crippen MR) is 103 cm³/mol. The van der Waals surface area contributed by atoms with Crippen LogP contribution in [0.25, 0.3) is 11.2 Å². The van der Waals surface area contributed by atoms with Crippen molar-refractivity contribution < 1.29 is 0 Å². The van der Waals surface area contributed by atoms with Gasteiger partial charge in [-0.25, -0.2) is 14.8 Å². The van der Waals surface area contributed by atoms with Crippen LogP contribution >= 0.6 is 11.8 Å². The third kappa shape index (κ3) is 3.45. The number of H-pyrrole nitrogens is 2. The summed E-state index contributed by atoms with van der Waals surface area (Å²) in [6, 6.07) is 0. The van der Waals surface area contributed by atoms with Crippen LogP contribution in [0.4, 0.5) is 0 Å². The Morgan fingerprint density at radius 1 is 1.19 bits per heavy atom. The fraction of sp³-hybridized carbons (Fsp3) is 0.588. The molecule has 0 aliphatic heterocycles. The summed E-state index contributed by atoms with van der Waals surface area (Å²) in [5.74, 6) is 2.76. The molecule has 10 heteroatoms. The molecule has 0 bridgehead atoms. The first-order chi connectivity index (χ1) is 13.1. The second kappa shape index (κ2) is 7.34. The standard InChI is InChI=1S/C17H23N7O2S/c1-3-5-8-24-14-12(15(25)20-17(24)26)23(4-2)11(18-14)9-27-16-19-13(21-22-16)10-6-7-10/h10H,3-9H2,1-2H3,(H,19,21,22)(H,20,25,26). The number of aromatic nitrogens is 7. The quantitative estimate of drug-likeness (QED) is 0.570. The zero-order valence-electron chi connectivity index (χ0n) is 15.5. The van der Waals surface area contributed by atoms with E-state index in [1.807, 2.05) is 11.5 Å². The Labute approximate surface area is 159 Å². The second-order valence-corrected chi connectivity index (χ2v) is 7.72. The lowest BCUT2D eigenvalue weighted by Crippen LogP contribution is -2.31. The number of unbranched alkanes of at least 4 members (excludes halogenated alkanes) is 1. The molecule has 9 nitrogen and oxygen atoms in total. The molecule has 0 aromatic carbocycles. The molecule has 1 aliphatic carbocycles. The molecule has 3 aromatic rings. The van der Waals surface area contributed by atoms with E-state index in [0.29, 0.717) is 41.1 Å². The van der Waals surface area contributed by atoms with Crippen molar-refractivity contribution in [2.45, 2.75) is 69.4 Å². The van der Waals surface area contributed by atoms with E-state index < -0.39 is 5.69 Å². The van der Waals surface area contributed by atoms with Gasteiger partial charge < -0.3 is 4.57 Å². The number of hydrogen-bond acceptors (Lipinski definition) is 6. The van der Waals surface area contributed by atoms with Gasteiger partial charge in [0.05, 0.1) is 5.75 Å². The molecular weight excluding hydrogens is 366 g/mol. The van der Waals surface area contributed by atoms with Crippen LogP contribution in [0.3, 0.4) is 0 Å². The molecule has 1 aliphatic rings. The zero-order valence-corrected chi connectivity index (χ0v) is 16.3. The highest BCUT2D eigenvalue weighted by Crippen LogP contribution is 2.38. The minimum absolute atomic E-state index is 0.387. The summed E-state index contributed by atoms with van der Waals surface area (Å²) in [6.07, 6.45) is 4.15. The van der Waals surface area contributed by atoms with E-state index in [9.17, 15) is 9.59 Å². The number of rotatable bonds is 8. The highest BCUT2D eigenvalue weighted by atomic mass is 32.2. The summed E-state index contributed by atoms with van der Waals surface area (Å²) in [7, 11) is 0. The molecule has 0 amide bonds. The Kier molecular flexibility index (Phi) is 4.90. The Hall–Kier alpha value is -2.36. The number of thioether (sulfide) groups is 1. The number of nitrogens with zero attached hydrogens (tertiary/aromatic N) is 5. The van der Waals surface area contributed by atoms with Gasteiger partial charge in [-0.3, -0.25) is 19.4 Å². The van der Waals surface area contributed by atoms with Gasteiger partial charge in [0.1, 0.15) is 11.6 Å². The minimum Gasteiger partial charge on any atom is -0.322 e. The van der Waals surface area contributed by atoms with Crippen molar-refractivity contribution in [3.8, 4) is 0 Å².